The van der Waals surface area contributed by atoms with Crippen LogP contribution in [0.1, 0.15) is 197 Å². The lowest BCUT2D eigenvalue weighted by molar-refractivity contribution is -0.151. The molecule has 9 heterocycles. The highest BCUT2D eigenvalue weighted by Gasteiger charge is 2.37. The minimum Gasteiger partial charge on any atom is -0.466 e. The first-order chi connectivity index (χ1) is 45.5. The number of carbonyl (C=O) groups is 3. The van der Waals surface area contributed by atoms with Gasteiger partial charge in [-0.05, 0) is 159 Å². The molecule has 0 bridgehead atoms. The van der Waals surface area contributed by atoms with Gasteiger partial charge in [-0.1, -0.05) is 98.9 Å². The lowest BCUT2D eigenvalue weighted by Crippen LogP contribution is -2.24. The van der Waals surface area contributed by atoms with Crippen LogP contribution in [0.3, 0.4) is 0 Å². The Balaban J connectivity index is 0.000000145. The van der Waals surface area contributed by atoms with Gasteiger partial charge >= 0.3 is 17.9 Å². The van der Waals surface area contributed by atoms with Crippen LogP contribution < -0.4 is 0 Å². The first-order valence-electron chi connectivity index (χ1n) is 32.1. The molecule has 0 amide bonds. The molecule has 1 aliphatic carbocycles. The number of halogens is 3. The van der Waals surface area contributed by atoms with Crippen molar-refractivity contribution in [3.05, 3.63) is 188 Å². The van der Waals surface area contributed by atoms with Gasteiger partial charge in [0.1, 0.15) is 56.7 Å². The highest BCUT2D eigenvalue weighted by molar-refractivity contribution is 7.15. The molecule has 0 unspecified atom stereocenters. The van der Waals surface area contributed by atoms with Crippen molar-refractivity contribution in [3.8, 4) is 15.0 Å². The largest absolute Gasteiger partial charge is 0.466 e. The molecule has 18 nitrogen and oxygen atoms in total. The highest BCUT2D eigenvalue weighted by Crippen LogP contribution is 2.44. The molecule has 0 spiro atoms. The molecular weight excluding hydrogens is 1320 g/mol. The number of benzene rings is 3. The number of rotatable bonds is 14. The Kier molecular flexibility index (Phi) is 21.3. The molecule has 1 fully saturated rings. The minimum atomic E-state index is -0.495. The maximum absolute atomic E-state index is 13.0. The molecule has 3 aromatic carbocycles. The second-order valence-corrected chi connectivity index (χ2v) is 29.9. The van der Waals surface area contributed by atoms with Crippen LogP contribution in [0.25, 0.3) is 15.0 Å². The Bertz CT molecular complexity index is 4430. The molecule has 3 aliphatic heterocycles. The monoisotopic (exact) mass is 1390 g/mol. The van der Waals surface area contributed by atoms with E-state index in [0.29, 0.717) is 51.7 Å². The van der Waals surface area contributed by atoms with Gasteiger partial charge in [0, 0.05) is 63.1 Å². The molecule has 0 N–H and O–H groups in total. The van der Waals surface area contributed by atoms with Crippen LogP contribution in [0.4, 0.5) is 0 Å². The molecule has 95 heavy (non-hydrogen) atoms. The van der Waals surface area contributed by atoms with Gasteiger partial charge in [0.2, 0.25) is 0 Å². The number of aliphatic imine (C=N–C) groups is 3. The number of aromatic nitrogens is 9. The lowest BCUT2D eigenvalue weighted by atomic mass is 9.89. The van der Waals surface area contributed by atoms with Crippen molar-refractivity contribution in [2.24, 2.45) is 26.8 Å². The summed E-state index contributed by atoms with van der Waals surface area (Å²) < 4.78 is 22.8. The minimum absolute atomic E-state index is 0.000290. The number of aryl methyl sites for hydroxylation is 6. The van der Waals surface area contributed by atoms with Gasteiger partial charge in [-0.25, -0.2) is 0 Å². The van der Waals surface area contributed by atoms with E-state index in [1.54, 1.807) is 34.0 Å². The predicted molar refractivity (Wildman–Crippen MR) is 378 cm³/mol. The van der Waals surface area contributed by atoms with Crippen molar-refractivity contribution in [1.82, 2.24) is 44.3 Å². The second kappa shape index (κ2) is 29.4. The summed E-state index contributed by atoms with van der Waals surface area (Å²) in [5.74, 6) is 4.49. The van der Waals surface area contributed by atoms with E-state index < -0.39 is 18.1 Å². The van der Waals surface area contributed by atoms with Gasteiger partial charge < -0.3 is 14.2 Å². The summed E-state index contributed by atoms with van der Waals surface area (Å²) in [5.41, 5.74) is 12.0. The van der Waals surface area contributed by atoms with E-state index in [1.807, 2.05) is 123 Å². The summed E-state index contributed by atoms with van der Waals surface area (Å²) in [5, 5.41) is 31.3. The molecule has 6 aromatic heterocycles. The first-order valence-corrected chi connectivity index (χ1v) is 35.7. The van der Waals surface area contributed by atoms with E-state index in [1.165, 1.54) is 20.2 Å². The average Bonchev–Trinajstić information content (AvgIpc) is 1.61. The molecule has 1 saturated carbocycles. The van der Waals surface area contributed by atoms with Crippen molar-refractivity contribution < 1.29 is 28.6 Å². The van der Waals surface area contributed by atoms with Crippen LogP contribution in [0, 0.1) is 74.1 Å². The molecule has 13 rings (SSSR count). The number of thiophene rings is 3. The number of nitrogens with zero attached hydrogens (tertiary/aromatic N) is 12. The summed E-state index contributed by atoms with van der Waals surface area (Å²) >= 11 is 23.5. The average molecular weight is 1400 g/mol. The maximum atomic E-state index is 13.0. The first kappa shape index (κ1) is 68.8. The summed E-state index contributed by atoms with van der Waals surface area (Å²) in [6, 6.07) is 21.5. The Hall–Kier alpha value is -7.53. The Morgan fingerprint density at radius 2 is 0.811 bits per heavy atom. The smallest absolute Gasteiger partial charge is 0.308 e. The molecule has 0 saturated heterocycles. The molecule has 496 valence electrons. The maximum Gasteiger partial charge on any atom is 0.308 e. The summed E-state index contributed by atoms with van der Waals surface area (Å²) in [6.45, 7) is 27.5. The zero-order valence-electron chi connectivity index (χ0n) is 55.6. The third-order valence-electron chi connectivity index (χ3n) is 17.5. The second-order valence-electron chi connectivity index (χ2n) is 25.0. The summed E-state index contributed by atoms with van der Waals surface area (Å²) in [6.07, 6.45) is 5.20. The predicted octanol–water partition coefficient (Wildman–Crippen LogP) is 16.8. The fraction of sp³-hybridized carbons (Fsp3) is 0.408. The Morgan fingerprint density at radius 3 is 1.14 bits per heavy atom. The van der Waals surface area contributed by atoms with Crippen LogP contribution in [-0.4, -0.2) is 98.7 Å². The fourth-order valence-electron chi connectivity index (χ4n) is 12.0. The number of hydrogen-bond donors (Lipinski definition) is 0. The van der Waals surface area contributed by atoms with Crippen molar-refractivity contribution in [3.63, 3.8) is 0 Å². The highest BCUT2D eigenvalue weighted by atomic mass is 35.5. The normalized spacial score (nSPS) is 17.7. The van der Waals surface area contributed by atoms with Crippen LogP contribution in [0.5, 0.6) is 0 Å². The van der Waals surface area contributed by atoms with Crippen molar-refractivity contribution in [2.45, 2.75) is 166 Å². The van der Waals surface area contributed by atoms with Crippen LogP contribution >= 0.6 is 68.8 Å². The van der Waals surface area contributed by atoms with Crippen LogP contribution in [0.15, 0.2) is 87.8 Å². The van der Waals surface area contributed by atoms with Crippen LogP contribution in [0.2, 0.25) is 15.1 Å². The van der Waals surface area contributed by atoms with Gasteiger partial charge in [-0.3, -0.25) is 43.1 Å². The van der Waals surface area contributed by atoms with Crippen molar-refractivity contribution >= 4 is 104 Å². The molecule has 24 heteroatoms. The standard InChI is InChI=1S/C26H29ClN4O2S.C23H25ClN4O2S.C22H23ClN4O2S/c1-14-5-11-20(12-6-14)33-22(32)13-21-25-30-29-17(4)31(25)26-23(15(2)16(3)34-26)24(28-21)18-7-9-19(27)10-8-18;1-12(2)11-30-19(29)10-18-22-27-26-15(5)28(22)23-20(13(3)14(4)31-23)21(25-18)16-6-8-17(24)9-7-16;1-5-10-29-18(28)11-17-21-26-25-14(4)27(21)22-19(12(2)13(3)30-22)20(24-17)15-6-8-16(23)9-7-15/h7-10,14,20-21H,5-6,11-13H2,1-4H3;6-9,12,18H,10-11H2,1-5H3;6-9,17H,5,10-11H2,1-4H3/t14?,20?,21-;18-;17-/m000/s1. The van der Waals surface area contributed by atoms with E-state index >= 15 is 0 Å². The third-order valence-corrected chi connectivity index (χ3v) is 21.8. The molecular formula is C71H77Cl3N12O6S3. The van der Waals surface area contributed by atoms with Gasteiger partial charge in [-0.2, -0.15) is 0 Å². The number of carbonyl (C=O) groups excluding carboxylic acids is 3. The van der Waals surface area contributed by atoms with E-state index in [2.05, 4.69) is 83.6 Å². The zero-order valence-corrected chi connectivity index (χ0v) is 60.4. The summed E-state index contributed by atoms with van der Waals surface area (Å²) in [7, 11) is 0. The summed E-state index contributed by atoms with van der Waals surface area (Å²) in [4.78, 5) is 57.0. The quantitative estimate of drug-likeness (QED) is 0.0736. The van der Waals surface area contributed by atoms with E-state index in [9.17, 15) is 14.4 Å². The van der Waals surface area contributed by atoms with Crippen LogP contribution in [-0.2, 0) is 28.6 Å². The zero-order chi connectivity index (χ0) is 67.7. The van der Waals surface area contributed by atoms with E-state index in [-0.39, 0.29) is 49.2 Å². The number of hydrogen-bond acceptors (Lipinski definition) is 18. The number of fused-ring (bicyclic) bond motifs is 9. The number of ether oxygens (including phenoxy) is 3. The molecule has 9 aromatic rings. The number of esters is 3. The third kappa shape index (κ3) is 14.8. The lowest BCUT2D eigenvalue weighted by Gasteiger charge is -2.26. The molecule has 3 atom stereocenters. The fourth-order valence-corrected chi connectivity index (χ4v) is 16.1. The Labute approximate surface area is 580 Å². The SMILES string of the molecule is CCCOC(=O)C[C@@H]1N=C(c2ccc(Cl)cc2)c2c(sc(C)c2C)-n2c(C)nnc21.Cc1sc2c(c1C)C(c1ccc(Cl)cc1)=N[C@@H](CC(=O)OC1CCC(C)CC1)c1nnc(C)n1-2.Cc1sc2c(c1C)C(c1ccc(Cl)cc1)=N[C@@H](CC(=O)OCC(C)C)c1nnc(C)n1-2. The van der Waals surface area contributed by atoms with Gasteiger partial charge in [-0.15, -0.1) is 64.6 Å². The van der Waals surface area contributed by atoms with Crippen molar-refractivity contribution in [2.75, 3.05) is 13.2 Å². The van der Waals surface area contributed by atoms with Gasteiger partial charge in [0.15, 0.2) is 17.5 Å². The van der Waals surface area contributed by atoms with Crippen molar-refractivity contribution in [1.29, 1.82) is 0 Å². The Morgan fingerprint density at radius 1 is 0.484 bits per heavy atom. The van der Waals surface area contributed by atoms with E-state index in [0.717, 1.165) is 126 Å². The molecule has 0 radical (unpaired) electrons. The van der Waals surface area contributed by atoms with E-state index in [4.69, 9.17) is 64.0 Å². The molecule has 4 aliphatic rings. The van der Waals surface area contributed by atoms with Gasteiger partial charge in [0.25, 0.3) is 0 Å². The topological polar surface area (TPSA) is 208 Å². The van der Waals surface area contributed by atoms with Gasteiger partial charge in [0.05, 0.1) is 49.6 Å².